The molecule has 106 valence electrons. The molecule has 2 heterocycles. The first-order chi connectivity index (χ1) is 9.56. The van der Waals surface area contributed by atoms with E-state index in [9.17, 15) is 9.59 Å². The number of nitrogens with one attached hydrogen (secondary N) is 1. The van der Waals surface area contributed by atoms with Gasteiger partial charge in [0.1, 0.15) is 0 Å². The van der Waals surface area contributed by atoms with Gasteiger partial charge in [0.15, 0.2) is 0 Å². The molecule has 0 aliphatic carbocycles. The highest BCUT2D eigenvalue weighted by molar-refractivity contribution is 9.10. The second-order valence-corrected chi connectivity index (χ2v) is 6.10. The second kappa shape index (κ2) is 5.09. The van der Waals surface area contributed by atoms with Crippen LogP contribution in [0.25, 0.3) is 0 Å². The fourth-order valence-corrected chi connectivity index (χ4v) is 3.00. The average molecular weight is 338 g/mol. The summed E-state index contributed by atoms with van der Waals surface area (Å²) in [7, 11) is 0. The van der Waals surface area contributed by atoms with Crippen LogP contribution in [0.2, 0.25) is 0 Å². The fourth-order valence-electron chi connectivity index (χ4n) is 2.75. The van der Waals surface area contributed by atoms with Gasteiger partial charge in [-0.15, -0.1) is 0 Å². The van der Waals surface area contributed by atoms with E-state index < -0.39 is 0 Å². The van der Waals surface area contributed by atoms with Crippen LogP contribution >= 0.6 is 15.9 Å². The van der Waals surface area contributed by atoms with Crippen molar-refractivity contribution in [2.24, 2.45) is 0 Å². The molecule has 2 saturated heterocycles. The molecule has 0 saturated carbocycles. The molecule has 1 N–H and O–H groups in total. The summed E-state index contributed by atoms with van der Waals surface area (Å²) in [6.45, 7) is 4.41. The van der Waals surface area contributed by atoms with E-state index in [0.29, 0.717) is 31.7 Å². The highest BCUT2D eigenvalue weighted by atomic mass is 79.9. The van der Waals surface area contributed by atoms with E-state index >= 15 is 0 Å². The van der Waals surface area contributed by atoms with Crippen molar-refractivity contribution in [3.8, 4) is 0 Å². The standard InChI is InChI=1S/C14H16BrN3O2/c1-9-6-10(2-3-12(9)15)13(19)17-4-5-18-11(8-17)7-16-14(18)20/h2-3,6,11H,4-5,7-8H2,1H3,(H,16,20). The number of fused-ring (bicyclic) bond motifs is 1. The third kappa shape index (κ3) is 2.28. The maximum absolute atomic E-state index is 12.5. The summed E-state index contributed by atoms with van der Waals surface area (Å²) in [6, 6.07) is 5.73. The molecule has 2 aliphatic rings. The molecule has 6 heteroatoms. The maximum atomic E-state index is 12.5. The molecule has 0 spiro atoms. The van der Waals surface area contributed by atoms with E-state index in [4.69, 9.17) is 0 Å². The predicted molar refractivity (Wildman–Crippen MR) is 78.7 cm³/mol. The summed E-state index contributed by atoms with van der Waals surface area (Å²) in [4.78, 5) is 27.7. The second-order valence-electron chi connectivity index (χ2n) is 5.25. The molecule has 0 aromatic heterocycles. The van der Waals surface area contributed by atoms with Crippen molar-refractivity contribution in [1.82, 2.24) is 15.1 Å². The van der Waals surface area contributed by atoms with Crippen LogP contribution in [0.3, 0.4) is 0 Å². The summed E-state index contributed by atoms with van der Waals surface area (Å²) < 4.78 is 1.00. The van der Waals surface area contributed by atoms with Crippen LogP contribution in [-0.4, -0.2) is 54.0 Å². The van der Waals surface area contributed by atoms with E-state index in [1.807, 2.05) is 34.9 Å². The molecule has 0 radical (unpaired) electrons. The zero-order valence-corrected chi connectivity index (χ0v) is 12.8. The van der Waals surface area contributed by atoms with Gasteiger partial charge in [-0.3, -0.25) is 4.79 Å². The van der Waals surface area contributed by atoms with E-state index in [2.05, 4.69) is 21.2 Å². The Morgan fingerprint density at radius 3 is 2.95 bits per heavy atom. The molecule has 0 bridgehead atoms. The Kier molecular flexibility index (Phi) is 3.41. The summed E-state index contributed by atoms with van der Waals surface area (Å²) in [6.07, 6.45) is 0. The summed E-state index contributed by atoms with van der Waals surface area (Å²) >= 11 is 3.44. The molecule has 3 amide bonds. The molecular formula is C14H16BrN3O2. The minimum atomic E-state index is -0.0124. The largest absolute Gasteiger partial charge is 0.336 e. The summed E-state index contributed by atoms with van der Waals surface area (Å²) in [5.74, 6) is 0.0413. The Morgan fingerprint density at radius 2 is 2.20 bits per heavy atom. The van der Waals surface area contributed by atoms with E-state index in [-0.39, 0.29) is 18.0 Å². The molecule has 1 atom stereocenters. The number of carbonyl (C=O) groups is 2. The number of hydrogen-bond acceptors (Lipinski definition) is 2. The van der Waals surface area contributed by atoms with Crippen LogP contribution in [0.1, 0.15) is 15.9 Å². The normalized spacial score (nSPS) is 21.7. The highest BCUT2D eigenvalue weighted by Crippen LogP contribution is 2.20. The molecule has 1 unspecified atom stereocenters. The quantitative estimate of drug-likeness (QED) is 0.846. The lowest BCUT2D eigenvalue weighted by atomic mass is 10.1. The lowest BCUT2D eigenvalue weighted by Crippen LogP contribution is -2.53. The lowest BCUT2D eigenvalue weighted by molar-refractivity contribution is 0.0617. The van der Waals surface area contributed by atoms with Gasteiger partial charge in [-0.25, -0.2) is 4.79 Å². The van der Waals surface area contributed by atoms with Crippen molar-refractivity contribution in [1.29, 1.82) is 0 Å². The van der Waals surface area contributed by atoms with Gasteiger partial charge < -0.3 is 15.1 Å². The van der Waals surface area contributed by atoms with Crippen molar-refractivity contribution in [3.63, 3.8) is 0 Å². The molecule has 1 aromatic rings. The van der Waals surface area contributed by atoms with Crippen molar-refractivity contribution >= 4 is 27.9 Å². The number of amides is 3. The monoisotopic (exact) mass is 337 g/mol. The first kappa shape index (κ1) is 13.4. The number of carbonyl (C=O) groups excluding carboxylic acids is 2. The third-order valence-corrected chi connectivity index (χ3v) is 4.81. The fraction of sp³-hybridized carbons (Fsp3) is 0.429. The van der Waals surface area contributed by atoms with Gasteiger partial charge in [0.25, 0.3) is 5.91 Å². The number of piperazine rings is 1. The van der Waals surface area contributed by atoms with Gasteiger partial charge in [-0.2, -0.15) is 0 Å². The van der Waals surface area contributed by atoms with Crippen LogP contribution in [0, 0.1) is 6.92 Å². The smallest absolute Gasteiger partial charge is 0.317 e. The number of rotatable bonds is 1. The van der Waals surface area contributed by atoms with Crippen molar-refractivity contribution < 1.29 is 9.59 Å². The average Bonchev–Trinajstić information content (AvgIpc) is 2.82. The van der Waals surface area contributed by atoms with E-state index in [1.165, 1.54) is 0 Å². The minimum Gasteiger partial charge on any atom is -0.336 e. The van der Waals surface area contributed by atoms with Gasteiger partial charge >= 0.3 is 6.03 Å². The van der Waals surface area contributed by atoms with Crippen LogP contribution in [0.15, 0.2) is 22.7 Å². The minimum absolute atomic E-state index is 0.0124. The Bertz CT molecular complexity index is 576. The molecule has 3 rings (SSSR count). The molecular weight excluding hydrogens is 322 g/mol. The number of urea groups is 1. The maximum Gasteiger partial charge on any atom is 0.317 e. The Balaban J connectivity index is 1.75. The zero-order valence-electron chi connectivity index (χ0n) is 11.2. The summed E-state index contributed by atoms with van der Waals surface area (Å²) in [5, 5.41) is 2.82. The number of aryl methyl sites for hydroxylation is 1. The number of hydrogen-bond donors (Lipinski definition) is 1. The van der Waals surface area contributed by atoms with Crippen LogP contribution in [0.4, 0.5) is 4.79 Å². The molecule has 20 heavy (non-hydrogen) atoms. The van der Waals surface area contributed by atoms with Gasteiger partial charge in [0.05, 0.1) is 6.04 Å². The van der Waals surface area contributed by atoms with Gasteiger partial charge in [0.2, 0.25) is 0 Å². The van der Waals surface area contributed by atoms with Crippen LogP contribution in [0.5, 0.6) is 0 Å². The zero-order chi connectivity index (χ0) is 14.3. The third-order valence-electron chi connectivity index (χ3n) is 3.92. The SMILES string of the molecule is Cc1cc(C(=O)N2CCN3C(=O)NCC3C2)ccc1Br. The molecule has 1 aromatic carbocycles. The molecule has 2 aliphatic heterocycles. The van der Waals surface area contributed by atoms with Gasteiger partial charge in [-0.1, -0.05) is 15.9 Å². The number of halogens is 1. The van der Waals surface area contributed by atoms with Crippen LogP contribution in [-0.2, 0) is 0 Å². The van der Waals surface area contributed by atoms with Crippen molar-refractivity contribution in [3.05, 3.63) is 33.8 Å². The van der Waals surface area contributed by atoms with Gasteiger partial charge in [0, 0.05) is 36.2 Å². The predicted octanol–water partition coefficient (Wildman–Crippen LogP) is 1.61. The molecule has 2 fully saturated rings. The number of benzene rings is 1. The molecule has 5 nitrogen and oxygen atoms in total. The van der Waals surface area contributed by atoms with Crippen molar-refractivity contribution in [2.75, 3.05) is 26.2 Å². The van der Waals surface area contributed by atoms with E-state index in [1.54, 1.807) is 0 Å². The highest BCUT2D eigenvalue weighted by Gasteiger charge is 2.37. The van der Waals surface area contributed by atoms with E-state index in [0.717, 1.165) is 10.0 Å². The lowest BCUT2D eigenvalue weighted by Gasteiger charge is -2.36. The first-order valence-electron chi connectivity index (χ1n) is 6.66. The first-order valence-corrected chi connectivity index (χ1v) is 7.45. The number of nitrogens with zero attached hydrogens (tertiary/aromatic N) is 2. The Morgan fingerprint density at radius 1 is 1.40 bits per heavy atom. The van der Waals surface area contributed by atoms with Gasteiger partial charge in [-0.05, 0) is 30.7 Å². The summed E-state index contributed by atoms with van der Waals surface area (Å²) in [5.41, 5.74) is 1.75. The topological polar surface area (TPSA) is 52.7 Å². The van der Waals surface area contributed by atoms with Crippen molar-refractivity contribution in [2.45, 2.75) is 13.0 Å². The Hall–Kier alpha value is -1.56. The Labute approximate surface area is 126 Å². The van der Waals surface area contributed by atoms with Crippen LogP contribution < -0.4 is 5.32 Å².